The Morgan fingerprint density at radius 2 is 1.66 bits per heavy atom. The van der Waals surface area contributed by atoms with Gasteiger partial charge in [-0.05, 0) is 54.7 Å². The Morgan fingerprint density at radius 3 is 2.31 bits per heavy atom. The molecule has 5 heteroatoms. The van der Waals surface area contributed by atoms with E-state index in [1.807, 2.05) is 36.1 Å². The monoisotopic (exact) mass is 430 g/mol. The number of halogens is 1. The number of nitrogens with zero attached hydrogens (tertiary/aromatic N) is 1. The van der Waals surface area contributed by atoms with Gasteiger partial charge in [-0.1, -0.05) is 60.7 Å². The minimum Gasteiger partial charge on any atom is -0.330 e. The predicted molar refractivity (Wildman–Crippen MR) is 123 cm³/mol. The maximum absolute atomic E-state index is 13.7. The molecule has 32 heavy (non-hydrogen) atoms. The van der Waals surface area contributed by atoms with Crippen molar-refractivity contribution in [2.45, 2.75) is 45.4 Å². The molecule has 2 atom stereocenters. The van der Waals surface area contributed by atoms with Crippen LogP contribution in [-0.2, 0) is 24.3 Å². The summed E-state index contributed by atoms with van der Waals surface area (Å²) in [5.41, 5.74) is 4.85. The third-order valence-electron chi connectivity index (χ3n) is 6.20. The van der Waals surface area contributed by atoms with Crippen molar-refractivity contribution in [3.8, 4) is 0 Å². The molecule has 0 aliphatic carbocycles. The first-order valence-electron chi connectivity index (χ1n) is 10.9. The van der Waals surface area contributed by atoms with Gasteiger partial charge in [-0.15, -0.1) is 0 Å². The van der Waals surface area contributed by atoms with Gasteiger partial charge in [-0.25, -0.2) is 4.39 Å². The normalized spacial score (nSPS) is 16.2. The quantitative estimate of drug-likeness (QED) is 0.570. The fraction of sp³-hybridized carbons (Fsp3) is 0.259. The first-order chi connectivity index (χ1) is 15.4. The van der Waals surface area contributed by atoms with E-state index in [2.05, 4.69) is 17.4 Å². The Labute approximate surface area is 188 Å². The van der Waals surface area contributed by atoms with E-state index in [0.29, 0.717) is 25.1 Å². The number of hydrogen-bond donors (Lipinski definition) is 1. The number of amides is 1. The van der Waals surface area contributed by atoms with Gasteiger partial charge in [0.05, 0.1) is 12.1 Å². The van der Waals surface area contributed by atoms with E-state index in [4.69, 9.17) is 0 Å². The second-order valence-corrected chi connectivity index (χ2v) is 8.35. The van der Waals surface area contributed by atoms with Crippen LogP contribution in [0, 0.1) is 5.82 Å². The average Bonchev–Trinajstić information content (AvgIpc) is 2.82. The molecule has 3 aromatic rings. The van der Waals surface area contributed by atoms with Crippen molar-refractivity contribution in [3.63, 3.8) is 0 Å². The number of fused-ring (bicyclic) bond motifs is 1. The highest BCUT2D eigenvalue weighted by Gasteiger charge is 2.31. The Balaban J connectivity index is 1.61. The summed E-state index contributed by atoms with van der Waals surface area (Å²) in [4.78, 5) is 27.2. The molecule has 1 amide bonds. The molecule has 4 nitrogen and oxygen atoms in total. The number of ketones is 1. The second kappa shape index (κ2) is 9.45. The summed E-state index contributed by atoms with van der Waals surface area (Å²) < 4.78 is 13.5. The molecule has 0 unspecified atom stereocenters. The molecule has 0 aromatic heterocycles. The maximum Gasteiger partial charge on any atom is 0.240 e. The van der Waals surface area contributed by atoms with Crippen LogP contribution in [0.4, 0.5) is 4.39 Å². The number of carbonyl (C=O) groups excluding carboxylic acids is 2. The number of Topliss-reactive ketones (excluding diaryl/α,β-unsaturated/α-hetero) is 1. The molecule has 0 saturated carbocycles. The largest absolute Gasteiger partial charge is 0.330 e. The van der Waals surface area contributed by atoms with Crippen molar-refractivity contribution in [2.75, 3.05) is 0 Å². The lowest BCUT2D eigenvalue weighted by Crippen LogP contribution is -2.49. The zero-order valence-corrected chi connectivity index (χ0v) is 18.3. The minimum atomic E-state index is -0.329. The summed E-state index contributed by atoms with van der Waals surface area (Å²) in [6.07, 6.45) is 0.630. The highest BCUT2D eigenvalue weighted by molar-refractivity contribution is 5.94. The van der Waals surface area contributed by atoms with Gasteiger partial charge in [0.15, 0.2) is 5.78 Å². The van der Waals surface area contributed by atoms with Crippen LogP contribution in [0.2, 0.25) is 0 Å². The molecule has 0 radical (unpaired) electrons. The molecule has 0 saturated heterocycles. The smallest absolute Gasteiger partial charge is 0.240 e. The fourth-order valence-electron chi connectivity index (χ4n) is 4.20. The first-order valence-corrected chi connectivity index (χ1v) is 10.9. The van der Waals surface area contributed by atoms with Crippen LogP contribution in [0.5, 0.6) is 0 Å². The minimum absolute atomic E-state index is 0.00646. The lowest BCUT2D eigenvalue weighted by Gasteiger charge is -2.35. The second-order valence-electron chi connectivity index (χ2n) is 8.35. The third kappa shape index (κ3) is 4.78. The Kier molecular flexibility index (Phi) is 6.47. The SMILES string of the molecule is CC(=O)c1ccc(CN(C(=O)[C@@H]2Cc3ccccc3CN2)[C@H](C)c2ccc(F)cc2)cc1. The van der Waals surface area contributed by atoms with E-state index in [-0.39, 0.29) is 29.6 Å². The summed E-state index contributed by atoms with van der Waals surface area (Å²) in [7, 11) is 0. The van der Waals surface area contributed by atoms with Gasteiger partial charge in [-0.3, -0.25) is 9.59 Å². The number of hydrogen-bond acceptors (Lipinski definition) is 3. The third-order valence-corrected chi connectivity index (χ3v) is 6.20. The summed E-state index contributed by atoms with van der Waals surface area (Å²) in [6.45, 7) is 4.55. The Morgan fingerprint density at radius 1 is 1.00 bits per heavy atom. The van der Waals surface area contributed by atoms with E-state index in [1.165, 1.54) is 30.2 Å². The van der Waals surface area contributed by atoms with Gasteiger partial charge in [0.25, 0.3) is 0 Å². The highest BCUT2D eigenvalue weighted by Crippen LogP contribution is 2.26. The Bertz CT molecular complexity index is 1110. The molecule has 1 N–H and O–H groups in total. The topological polar surface area (TPSA) is 49.4 Å². The number of nitrogens with one attached hydrogen (secondary N) is 1. The molecule has 1 heterocycles. The van der Waals surface area contributed by atoms with Crippen LogP contribution in [-0.4, -0.2) is 22.6 Å². The maximum atomic E-state index is 13.7. The fourth-order valence-corrected chi connectivity index (χ4v) is 4.20. The van der Waals surface area contributed by atoms with Gasteiger partial charge in [0, 0.05) is 18.7 Å². The Hall–Kier alpha value is -3.31. The predicted octanol–water partition coefficient (Wildman–Crippen LogP) is 4.83. The molecule has 1 aliphatic heterocycles. The van der Waals surface area contributed by atoms with Crippen LogP contribution in [0.15, 0.2) is 72.8 Å². The highest BCUT2D eigenvalue weighted by atomic mass is 19.1. The molecular formula is C27H27FN2O2. The van der Waals surface area contributed by atoms with E-state index in [1.54, 1.807) is 24.3 Å². The molecule has 3 aromatic carbocycles. The first kappa shape index (κ1) is 21.9. The number of rotatable bonds is 6. The summed E-state index contributed by atoms with van der Waals surface area (Å²) >= 11 is 0. The van der Waals surface area contributed by atoms with Crippen molar-refractivity contribution in [1.29, 1.82) is 0 Å². The van der Waals surface area contributed by atoms with Gasteiger partial charge < -0.3 is 10.2 Å². The van der Waals surface area contributed by atoms with Crippen LogP contribution >= 0.6 is 0 Å². The van der Waals surface area contributed by atoms with E-state index < -0.39 is 0 Å². The molecule has 4 rings (SSSR count). The molecule has 0 bridgehead atoms. The number of carbonyl (C=O) groups is 2. The van der Waals surface area contributed by atoms with E-state index in [0.717, 1.165) is 11.1 Å². The van der Waals surface area contributed by atoms with E-state index >= 15 is 0 Å². The zero-order valence-electron chi connectivity index (χ0n) is 18.3. The summed E-state index contributed by atoms with van der Waals surface area (Å²) in [6, 6.07) is 21.2. The lowest BCUT2D eigenvalue weighted by molar-refractivity contribution is -0.136. The van der Waals surface area contributed by atoms with Crippen LogP contribution in [0.25, 0.3) is 0 Å². The van der Waals surface area contributed by atoms with Gasteiger partial charge in [0.2, 0.25) is 5.91 Å². The summed E-state index contributed by atoms with van der Waals surface area (Å²) in [5, 5.41) is 3.38. The molecule has 164 valence electrons. The van der Waals surface area contributed by atoms with Crippen molar-refractivity contribution < 1.29 is 14.0 Å². The van der Waals surface area contributed by atoms with Crippen LogP contribution < -0.4 is 5.32 Å². The van der Waals surface area contributed by atoms with Crippen molar-refractivity contribution in [2.24, 2.45) is 0 Å². The van der Waals surface area contributed by atoms with Crippen LogP contribution in [0.3, 0.4) is 0 Å². The van der Waals surface area contributed by atoms with E-state index in [9.17, 15) is 14.0 Å². The van der Waals surface area contributed by atoms with Crippen molar-refractivity contribution in [1.82, 2.24) is 10.2 Å². The molecule has 0 spiro atoms. The molecular weight excluding hydrogens is 403 g/mol. The van der Waals surface area contributed by atoms with Gasteiger partial charge in [-0.2, -0.15) is 0 Å². The molecule has 1 aliphatic rings. The van der Waals surface area contributed by atoms with Crippen molar-refractivity contribution in [3.05, 3.63) is 106 Å². The van der Waals surface area contributed by atoms with Crippen LogP contribution in [0.1, 0.15) is 52.5 Å². The lowest BCUT2D eigenvalue weighted by atomic mass is 9.94. The number of benzene rings is 3. The van der Waals surface area contributed by atoms with Crippen molar-refractivity contribution >= 4 is 11.7 Å². The molecule has 0 fully saturated rings. The zero-order chi connectivity index (χ0) is 22.7. The average molecular weight is 431 g/mol. The van der Waals surface area contributed by atoms with Gasteiger partial charge >= 0.3 is 0 Å². The summed E-state index contributed by atoms with van der Waals surface area (Å²) in [5.74, 6) is -0.287. The standard InChI is InChI=1S/C27H27FN2O2/c1-18(21-11-13-25(28)14-12-21)30(17-20-7-9-22(10-8-20)19(2)31)27(32)26-15-23-5-3-4-6-24(23)16-29-26/h3-14,18,26,29H,15-17H2,1-2H3/t18-,26+/m1/s1. The van der Waals surface area contributed by atoms with Gasteiger partial charge in [0.1, 0.15) is 5.82 Å².